The fraction of sp³-hybridized carbons (Fsp3) is 0.600. The molecule has 0 heterocycles. The van der Waals surface area contributed by atoms with Crippen LogP contribution in [0.2, 0.25) is 0 Å². The van der Waals surface area contributed by atoms with Crippen LogP contribution in [-0.2, 0) is 0 Å². The summed E-state index contributed by atoms with van der Waals surface area (Å²) in [6.07, 6.45) is 0. The molecule has 1 atom stereocenters. The molecule has 0 aliphatic heterocycles. The van der Waals surface area contributed by atoms with E-state index in [2.05, 4.69) is 5.32 Å². The topological polar surface area (TPSA) is 50.7 Å². The van der Waals surface area contributed by atoms with Crippen LogP contribution in [0.25, 0.3) is 0 Å². The van der Waals surface area contributed by atoms with Crippen molar-refractivity contribution in [3.63, 3.8) is 0 Å². The largest absolute Gasteiger partial charge is 0.494 e. The molecule has 108 valence electrons. The van der Waals surface area contributed by atoms with Crippen LogP contribution >= 0.6 is 0 Å². The Bertz CT molecular complexity index is 364. The van der Waals surface area contributed by atoms with Crippen molar-refractivity contribution in [1.82, 2.24) is 5.32 Å². The van der Waals surface area contributed by atoms with Crippen LogP contribution in [0.5, 0.6) is 11.5 Å². The van der Waals surface area contributed by atoms with Gasteiger partial charge in [-0.1, -0.05) is 13.8 Å². The molecule has 0 saturated carbocycles. The van der Waals surface area contributed by atoms with Gasteiger partial charge >= 0.3 is 0 Å². The second-order valence-electron chi connectivity index (χ2n) is 5.21. The van der Waals surface area contributed by atoms with E-state index >= 15 is 0 Å². The van der Waals surface area contributed by atoms with Crippen molar-refractivity contribution in [2.45, 2.75) is 39.3 Å². The van der Waals surface area contributed by atoms with E-state index in [1.54, 1.807) is 0 Å². The minimum Gasteiger partial charge on any atom is -0.494 e. The number of ether oxygens (including phenoxy) is 2. The van der Waals surface area contributed by atoms with Crippen molar-refractivity contribution in [2.24, 2.45) is 0 Å². The minimum atomic E-state index is -0.438. The highest BCUT2D eigenvalue weighted by atomic mass is 16.5. The zero-order chi connectivity index (χ0) is 14.3. The van der Waals surface area contributed by atoms with Gasteiger partial charge in [0.05, 0.1) is 18.8 Å². The quantitative estimate of drug-likeness (QED) is 0.758. The SMILES string of the molecule is CCOc1ccc(OCC(C)(CO)NC(C)C)cc1. The summed E-state index contributed by atoms with van der Waals surface area (Å²) in [6, 6.07) is 7.80. The number of hydrogen-bond acceptors (Lipinski definition) is 4. The average molecular weight is 267 g/mol. The fourth-order valence-corrected chi connectivity index (χ4v) is 1.87. The number of nitrogens with one attached hydrogen (secondary N) is 1. The van der Waals surface area contributed by atoms with E-state index in [4.69, 9.17) is 9.47 Å². The van der Waals surface area contributed by atoms with Crippen molar-refractivity contribution in [2.75, 3.05) is 19.8 Å². The standard InChI is InChI=1S/C15H25NO3/c1-5-18-13-6-8-14(9-7-13)19-11-15(4,10-17)16-12(2)3/h6-9,12,16-17H,5,10-11H2,1-4H3. The zero-order valence-electron chi connectivity index (χ0n) is 12.3. The van der Waals surface area contributed by atoms with Crippen LogP contribution < -0.4 is 14.8 Å². The van der Waals surface area contributed by atoms with Crippen LogP contribution in [-0.4, -0.2) is 36.5 Å². The van der Waals surface area contributed by atoms with E-state index < -0.39 is 5.54 Å². The first-order valence-electron chi connectivity index (χ1n) is 6.73. The first kappa shape index (κ1) is 15.8. The van der Waals surface area contributed by atoms with E-state index in [9.17, 15) is 5.11 Å². The Balaban J connectivity index is 2.54. The summed E-state index contributed by atoms with van der Waals surface area (Å²) in [5.74, 6) is 1.61. The predicted molar refractivity (Wildman–Crippen MR) is 76.9 cm³/mol. The Hall–Kier alpha value is -1.26. The third kappa shape index (κ3) is 5.49. The lowest BCUT2D eigenvalue weighted by Crippen LogP contribution is -2.53. The van der Waals surface area contributed by atoms with Gasteiger partial charge in [0.25, 0.3) is 0 Å². The number of rotatable bonds is 8. The summed E-state index contributed by atoms with van der Waals surface area (Å²) >= 11 is 0. The third-order valence-electron chi connectivity index (χ3n) is 2.68. The first-order chi connectivity index (χ1) is 8.99. The van der Waals surface area contributed by atoms with Crippen molar-refractivity contribution in [3.8, 4) is 11.5 Å². The lowest BCUT2D eigenvalue weighted by atomic mass is 10.0. The summed E-state index contributed by atoms with van der Waals surface area (Å²) in [5.41, 5.74) is -0.438. The van der Waals surface area contributed by atoms with Crippen molar-refractivity contribution in [3.05, 3.63) is 24.3 Å². The second kappa shape index (κ2) is 7.36. The highest BCUT2D eigenvalue weighted by Gasteiger charge is 2.24. The zero-order valence-corrected chi connectivity index (χ0v) is 12.3. The molecule has 0 fully saturated rings. The number of hydrogen-bond donors (Lipinski definition) is 2. The molecule has 0 aliphatic rings. The number of aliphatic hydroxyl groups is 1. The molecule has 0 bridgehead atoms. The first-order valence-corrected chi connectivity index (χ1v) is 6.73. The van der Waals surface area contributed by atoms with Gasteiger partial charge in [-0.25, -0.2) is 0 Å². The highest BCUT2D eigenvalue weighted by molar-refractivity contribution is 5.31. The monoisotopic (exact) mass is 267 g/mol. The highest BCUT2D eigenvalue weighted by Crippen LogP contribution is 2.18. The third-order valence-corrected chi connectivity index (χ3v) is 2.68. The van der Waals surface area contributed by atoms with Crippen molar-refractivity contribution in [1.29, 1.82) is 0 Å². The Labute approximate surface area is 115 Å². The number of aliphatic hydroxyl groups excluding tert-OH is 1. The Morgan fingerprint density at radius 1 is 1.16 bits per heavy atom. The van der Waals surface area contributed by atoms with Crippen molar-refractivity contribution >= 4 is 0 Å². The van der Waals surface area contributed by atoms with E-state index in [0.29, 0.717) is 19.3 Å². The molecule has 1 unspecified atom stereocenters. The van der Waals surface area contributed by atoms with Gasteiger partial charge in [-0.05, 0) is 38.1 Å². The van der Waals surface area contributed by atoms with Gasteiger partial charge in [0.1, 0.15) is 18.1 Å². The molecule has 0 amide bonds. The van der Waals surface area contributed by atoms with Gasteiger partial charge in [0.2, 0.25) is 0 Å². The molecule has 19 heavy (non-hydrogen) atoms. The summed E-state index contributed by atoms with van der Waals surface area (Å²) < 4.78 is 11.1. The molecule has 0 saturated heterocycles. The molecule has 4 nitrogen and oxygen atoms in total. The lowest BCUT2D eigenvalue weighted by Gasteiger charge is -2.30. The molecule has 0 aliphatic carbocycles. The molecule has 0 radical (unpaired) electrons. The molecule has 1 rings (SSSR count). The Kier molecular flexibility index (Phi) is 6.12. The maximum atomic E-state index is 9.46. The molecule has 2 N–H and O–H groups in total. The van der Waals surface area contributed by atoms with Crippen molar-refractivity contribution < 1.29 is 14.6 Å². The van der Waals surface area contributed by atoms with E-state index in [0.717, 1.165) is 11.5 Å². The van der Waals surface area contributed by atoms with E-state index in [1.807, 2.05) is 52.0 Å². The van der Waals surface area contributed by atoms with E-state index in [1.165, 1.54) is 0 Å². The number of benzene rings is 1. The molecule has 0 spiro atoms. The smallest absolute Gasteiger partial charge is 0.119 e. The van der Waals surface area contributed by atoms with Gasteiger partial charge in [0, 0.05) is 6.04 Å². The predicted octanol–water partition coefficient (Wildman–Crippen LogP) is 2.21. The fourth-order valence-electron chi connectivity index (χ4n) is 1.87. The second-order valence-corrected chi connectivity index (χ2v) is 5.21. The van der Waals surface area contributed by atoms with Crippen LogP contribution in [0.4, 0.5) is 0 Å². The summed E-state index contributed by atoms with van der Waals surface area (Å²) in [5, 5.41) is 12.8. The van der Waals surface area contributed by atoms with Crippen LogP contribution in [0, 0.1) is 0 Å². The molecule has 0 aromatic heterocycles. The van der Waals surface area contributed by atoms with Gasteiger partial charge in [-0.15, -0.1) is 0 Å². The van der Waals surface area contributed by atoms with E-state index in [-0.39, 0.29) is 6.61 Å². The molecule has 4 heteroatoms. The maximum Gasteiger partial charge on any atom is 0.119 e. The van der Waals surface area contributed by atoms with Gasteiger partial charge in [0.15, 0.2) is 0 Å². The van der Waals surface area contributed by atoms with Crippen LogP contribution in [0.15, 0.2) is 24.3 Å². The van der Waals surface area contributed by atoms with Crippen LogP contribution in [0.3, 0.4) is 0 Å². The molecule has 1 aromatic rings. The molecular formula is C15H25NO3. The summed E-state index contributed by atoms with van der Waals surface area (Å²) in [7, 11) is 0. The summed E-state index contributed by atoms with van der Waals surface area (Å²) in [6.45, 7) is 9.09. The van der Waals surface area contributed by atoms with Gasteiger partial charge in [-0.3, -0.25) is 0 Å². The Morgan fingerprint density at radius 3 is 2.11 bits per heavy atom. The van der Waals surface area contributed by atoms with Gasteiger partial charge < -0.3 is 19.9 Å². The average Bonchev–Trinajstić information content (AvgIpc) is 2.38. The molecule has 1 aromatic carbocycles. The minimum absolute atomic E-state index is 0.0300. The Morgan fingerprint density at radius 2 is 1.68 bits per heavy atom. The molecular weight excluding hydrogens is 242 g/mol. The normalized spacial score (nSPS) is 14.2. The maximum absolute atomic E-state index is 9.46. The van der Waals surface area contributed by atoms with Crippen LogP contribution in [0.1, 0.15) is 27.7 Å². The van der Waals surface area contributed by atoms with Gasteiger partial charge in [-0.2, -0.15) is 0 Å². The lowest BCUT2D eigenvalue weighted by molar-refractivity contribution is 0.109. The summed E-state index contributed by atoms with van der Waals surface area (Å²) in [4.78, 5) is 0.